The molecule has 1 atom stereocenters. The molecule has 2 aliphatic heterocycles. The Morgan fingerprint density at radius 1 is 1.41 bits per heavy atom. The molecule has 0 spiro atoms. The number of piperidine rings is 1. The van der Waals surface area contributed by atoms with Crippen molar-refractivity contribution < 1.29 is 9.94 Å². The Hall–Kier alpha value is -0.610. The molecule has 1 N–H and O–H groups in total. The fraction of sp³-hybridized carbons (Fsp3) is 0.923. The minimum absolute atomic E-state index is 0.452. The van der Waals surface area contributed by atoms with Gasteiger partial charge in [-0.3, -0.25) is 0 Å². The maximum absolute atomic E-state index is 8.95. The van der Waals surface area contributed by atoms with Crippen LogP contribution in [-0.4, -0.2) is 48.7 Å². The second-order valence-electron chi connectivity index (χ2n) is 5.26. The third-order valence-corrected chi connectivity index (χ3v) is 4.11. The smallest absolute Gasteiger partial charge is 0.0627 e. The zero-order valence-electron chi connectivity index (χ0n) is 10.8. The van der Waals surface area contributed by atoms with Gasteiger partial charge in [0.05, 0.1) is 5.71 Å². The lowest BCUT2D eigenvalue weighted by atomic mass is 9.91. The van der Waals surface area contributed by atoms with Gasteiger partial charge in [0.1, 0.15) is 0 Å². The second-order valence-corrected chi connectivity index (χ2v) is 5.26. The van der Waals surface area contributed by atoms with E-state index in [1.807, 2.05) is 0 Å². The normalized spacial score (nSPS) is 30.9. The molecule has 0 aromatic rings. The lowest BCUT2D eigenvalue weighted by Gasteiger charge is -2.36. The van der Waals surface area contributed by atoms with E-state index in [0.717, 1.165) is 50.8 Å². The second kappa shape index (κ2) is 6.36. The van der Waals surface area contributed by atoms with E-state index in [1.165, 1.54) is 19.4 Å². The zero-order chi connectivity index (χ0) is 12.1. The van der Waals surface area contributed by atoms with Gasteiger partial charge in [0.15, 0.2) is 0 Å². The number of oxime groups is 1. The van der Waals surface area contributed by atoms with Crippen LogP contribution in [-0.2, 0) is 4.74 Å². The van der Waals surface area contributed by atoms with E-state index in [-0.39, 0.29) is 0 Å². The average Bonchev–Trinajstić information content (AvgIpc) is 2.40. The highest BCUT2D eigenvalue weighted by molar-refractivity contribution is 5.87. The van der Waals surface area contributed by atoms with Gasteiger partial charge in [-0.15, -0.1) is 0 Å². The lowest BCUT2D eigenvalue weighted by Crippen LogP contribution is -2.43. The van der Waals surface area contributed by atoms with Crippen molar-refractivity contribution in [3.8, 4) is 0 Å². The van der Waals surface area contributed by atoms with Crippen LogP contribution in [0.4, 0.5) is 0 Å². The SMILES string of the molecule is CCC1CN(CC2CCOCC2)CCC1=NO. The molecule has 2 saturated heterocycles. The van der Waals surface area contributed by atoms with E-state index in [9.17, 15) is 0 Å². The molecule has 0 saturated carbocycles. The van der Waals surface area contributed by atoms with E-state index in [0.29, 0.717) is 5.92 Å². The number of likely N-dealkylation sites (tertiary alicyclic amines) is 1. The molecule has 0 aliphatic carbocycles. The van der Waals surface area contributed by atoms with Gasteiger partial charge in [-0.1, -0.05) is 12.1 Å². The molecular weight excluding hydrogens is 216 g/mol. The molecule has 2 heterocycles. The van der Waals surface area contributed by atoms with Gasteiger partial charge in [0.25, 0.3) is 0 Å². The largest absolute Gasteiger partial charge is 0.411 e. The molecule has 2 fully saturated rings. The van der Waals surface area contributed by atoms with Crippen LogP contribution >= 0.6 is 0 Å². The Bertz CT molecular complexity index is 262. The first-order valence-corrected chi connectivity index (χ1v) is 6.84. The minimum atomic E-state index is 0.452. The summed E-state index contributed by atoms with van der Waals surface area (Å²) in [4.78, 5) is 2.54. The number of hydrogen-bond acceptors (Lipinski definition) is 4. The van der Waals surface area contributed by atoms with E-state index < -0.39 is 0 Å². The third kappa shape index (κ3) is 3.42. The van der Waals surface area contributed by atoms with Crippen LogP contribution in [0.5, 0.6) is 0 Å². The van der Waals surface area contributed by atoms with Crippen molar-refractivity contribution in [2.45, 2.75) is 32.6 Å². The first kappa shape index (κ1) is 12.8. The van der Waals surface area contributed by atoms with Crippen molar-refractivity contribution in [1.29, 1.82) is 0 Å². The van der Waals surface area contributed by atoms with Gasteiger partial charge in [-0.05, 0) is 25.2 Å². The maximum Gasteiger partial charge on any atom is 0.0627 e. The maximum atomic E-state index is 8.95. The van der Waals surface area contributed by atoms with Gasteiger partial charge in [-0.25, -0.2) is 0 Å². The molecule has 0 aromatic heterocycles. The Balaban J connectivity index is 1.82. The number of rotatable bonds is 3. The van der Waals surface area contributed by atoms with Gasteiger partial charge in [-0.2, -0.15) is 0 Å². The highest BCUT2D eigenvalue weighted by atomic mass is 16.5. The molecule has 98 valence electrons. The van der Waals surface area contributed by atoms with Crippen molar-refractivity contribution in [1.82, 2.24) is 4.90 Å². The number of ether oxygens (including phenoxy) is 1. The fourth-order valence-corrected chi connectivity index (χ4v) is 2.94. The first-order chi connectivity index (χ1) is 8.33. The number of hydrogen-bond donors (Lipinski definition) is 1. The Morgan fingerprint density at radius 3 is 2.82 bits per heavy atom. The van der Waals surface area contributed by atoms with Crippen LogP contribution in [0, 0.1) is 11.8 Å². The van der Waals surface area contributed by atoms with Crippen LogP contribution in [0.25, 0.3) is 0 Å². The molecule has 0 radical (unpaired) electrons. The van der Waals surface area contributed by atoms with Crippen molar-refractivity contribution in [3.63, 3.8) is 0 Å². The predicted molar refractivity (Wildman–Crippen MR) is 67.6 cm³/mol. The summed E-state index contributed by atoms with van der Waals surface area (Å²) in [5, 5.41) is 12.4. The van der Waals surface area contributed by atoms with Gasteiger partial charge in [0, 0.05) is 45.2 Å². The highest BCUT2D eigenvalue weighted by Gasteiger charge is 2.26. The van der Waals surface area contributed by atoms with Crippen LogP contribution in [0.2, 0.25) is 0 Å². The summed E-state index contributed by atoms with van der Waals surface area (Å²) < 4.78 is 5.39. The Morgan fingerprint density at radius 2 is 2.18 bits per heavy atom. The van der Waals surface area contributed by atoms with Crippen molar-refractivity contribution in [2.75, 3.05) is 32.8 Å². The molecule has 0 bridgehead atoms. The topological polar surface area (TPSA) is 45.1 Å². The molecule has 0 amide bonds. The summed E-state index contributed by atoms with van der Waals surface area (Å²) in [5.41, 5.74) is 0.996. The van der Waals surface area contributed by atoms with Crippen molar-refractivity contribution in [3.05, 3.63) is 0 Å². The van der Waals surface area contributed by atoms with Crippen LogP contribution in [0.1, 0.15) is 32.6 Å². The monoisotopic (exact) mass is 240 g/mol. The van der Waals surface area contributed by atoms with Gasteiger partial charge >= 0.3 is 0 Å². The molecular formula is C13H24N2O2. The summed E-state index contributed by atoms with van der Waals surface area (Å²) >= 11 is 0. The Labute approximate surface area is 104 Å². The van der Waals surface area contributed by atoms with Crippen molar-refractivity contribution in [2.24, 2.45) is 17.0 Å². The fourth-order valence-electron chi connectivity index (χ4n) is 2.94. The van der Waals surface area contributed by atoms with E-state index in [1.54, 1.807) is 0 Å². The molecule has 4 nitrogen and oxygen atoms in total. The molecule has 1 unspecified atom stereocenters. The number of nitrogens with zero attached hydrogens (tertiary/aromatic N) is 2. The summed E-state index contributed by atoms with van der Waals surface area (Å²) in [6.07, 6.45) is 4.41. The van der Waals surface area contributed by atoms with Crippen molar-refractivity contribution >= 4 is 5.71 Å². The summed E-state index contributed by atoms with van der Waals surface area (Å²) in [6, 6.07) is 0. The van der Waals surface area contributed by atoms with Crippen LogP contribution in [0.15, 0.2) is 5.16 Å². The zero-order valence-corrected chi connectivity index (χ0v) is 10.8. The summed E-state index contributed by atoms with van der Waals surface area (Å²) in [5.74, 6) is 1.25. The highest BCUT2D eigenvalue weighted by Crippen LogP contribution is 2.21. The molecule has 0 aromatic carbocycles. The molecule has 17 heavy (non-hydrogen) atoms. The van der Waals surface area contributed by atoms with E-state index >= 15 is 0 Å². The van der Waals surface area contributed by atoms with Crippen LogP contribution in [0.3, 0.4) is 0 Å². The average molecular weight is 240 g/mol. The minimum Gasteiger partial charge on any atom is -0.411 e. The first-order valence-electron chi connectivity index (χ1n) is 6.84. The van der Waals surface area contributed by atoms with E-state index in [4.69, 9.17) is 9.94 Å². The molecule has 4 heteroatoms. The molecule has 2 aliphatic rings. The lowest BCUT2D eigenvalue weighted by molar-refractivity contribution is 0.0502. The summed E-state index contributed by atoms with van der Waals surface area (Å²) in [7, 11) is 0. The molecule has 2 rings (SSSR count). The van der Waals surface area contributed by atoms with Gasteiger partial charge < -0.3 is 14.8 Å². The summed E-state index contributed by atoms with van der Waals surface area (Å²) in [6.45, 7) is 7.34. The van der Waals surface area contributed by atoms with Crippen LogP contribution < -0.4 is 0 Å². The quantitative estimate of drug-likeness (QED) is 0.606. The third-order valence-electron chi connectivity index (χ3n) is 4.11. The standard InChI is InChI=1S/C13H24N2O2/c1-2-12-10-15(6-3-13(12)14-16)9-11-4-7-17-8-5-11/h11-12,16H,2-10H2,1H3. The van der Waals surface area contributed by atoms with E-state index in [2.05, 4.69) is 17.0 Å². The predicted octanol–water partition coefficient (Wildman–Crippen LogP) is 1.98. The Kier molecular flexibility index (Phi) is 4.80. The van der Waals surface area contributed by atoms with Gasteiger partial charge in [0.2, 0.25) is 0 Å².